The molecule has 1 unspecified atom stereocenters. The number of hydroxylamine groups is 2. The van der Waals surface area contributed by atoms with E-state index >= 15 is 0 Å². The predicted octanol–water partition coefficient (Wildman–Crippen LogP) is 3.75. The van der Waals surface area contributed by atoms with Gasteiger partial charge in [-0.3, -0.25) is 10.0 Å². The number of hydrogen-bond acceptors (Lipinski definition) is 3. The van der Waals surface area contributed by atoms with E-state index in [1.54, 1.807) is 31.2 Å². The summed E-state index contributed by atoms with van der Waals surface area (Å²) in [7, 11) is 0. The molecular formula is C18H20FNO3. The van der Waals surface area contributed by atoms with E-state index in [0.29, 0.717) is 23.8 Å². The van der Waals surface area contributed by atoms with Crippen LogP contribution in [0.25, 0.3) is 0 Å². The van der Waals surface area contributed by atoms with Crippen LogP contribution in [0.2, 0.25) is 0 Å². The summed E-state index contributed by atoms with van der Waals surface area (Å²) in [5.74, 6) is 0.0513. The molecule has 1 atom stereocenters. The van der Waals surface area contributed by atoms with Crippen molar-refractivity contribution in [3.8, 4) is 5.75 Å². The number of ether oxygens (including phenoxy) is 1. The van der Waals surface area contributed by atoms with Gasteiger partial charge in [0.25, 0.3) is 0 Å². The smallest absolute Gasteiger partial charge is 0.243 e. The highest BCUT2D eigenvalue weighted by Crippen LogP contribution is 2.21. The fourth-order valence-electron chi connectivity index (χ4n) is 2.19. The van der Waals surface area contributed by atoms with E-state index in [2.05, 4.69) is 0 Å². The van der Waals surface area contributed by atoms with Crippen molar-refractivity contribution in [2.24, 2.45) is 0 Å². The number of hydrogen-bond donors (Lipinski definition) is 1. The van der Waals surface area contributed by atoms with Crippen LogP contribution in [0.1, 0.15) is 31.0 Å². The van der Waals surface area contributed by atoms with Crippen molar-refractivity contribution in [3.63, 3.8) is 0 Å². The molecule has 122 valence electrons. The number of nitrogens with zero attached hydrogens (tertiary/aromatic N) is 1. The van der Waals surface area contributed by atoms with Gasteiger partial charge in [-0.15, -0.1) is 0 Å². The van der Waals surface area contributed by atoms with Crippen molar-refractivity contribution in [1.82, 2.24) is 5.06 Å². The lowest BCUT2D eigenvalue weighted by molar-refractivity contribution is -0.172. The number of halogens is 1. The molecule has 5 heteroatoms. The van der Waals surface area contributed by atoms with Crippen molar-refractivity contribution in [2.75, 3.05) is 6.61 Å². The molecule has 2 aromatic rings. The molecule has 1 amide bonds. The Kier molecular flexibility index (Phi) is 5.71. The van der Waals surface area contributed by atoms with Gasteiger partial charge in [0, 0.05) is 13.3 Å². The average molecular weight is 317 g/mol. The van der Waals surface area contributed by atoms with Gasteiger partial charge in [0.15, 0.2) is 0 Å². The zero-order chi connectivity index (χ0) is 16.8. The Balaban J connectivity index is 1.87. The first-order valence-electron chi connectivity index (χ1n) is 7.43. The van der Waals surface area contributed by atoms with Crippen LogP contribution in [0.3, 0.4) is 0 Å². The highest BCUT2D eigenvalue weighted by Gasteiger charge is 2.15. The second-order valence-electron chi connectivity index (χ2n) is 5.33. The van der Waals surface area contributed by atoms with Crippen LogP contribution in [0.4, 0.5) is 4.39 Å². The predicted molar refractivity (Wildman–Crippen MR) is 84.8 cm³/mol. The topological polar surface area (TPSA) is 49.8 Å². The first kappa shape index (κ1) is 17.0. The lowest BCUT2D eigenvalue weighted by atomic mass is 10.1. The number of carbonyl (C=O) groups is 1. The van der Waals surface area contributed by atoms with E-state index in [1.807, 2.05) is 12.1 Å². The molecule has 0 spiro atoms. The molecule has 0 fully saturated rings. The van der Waals surface area contributed by atoms with Crippen LogP contribution in [-0.2, 0) is 11.2 Å². The Hall–Kier alpha value is -2.40. The van der Waals surface area contributed by atoms with E-state index in [4.69, 9.17) is 4.74 Å². The third kappa shape index (κ3) is 4.79. The Labute approximate surface area is 135 Å². The summed E-state index contributed by atoms with van der Waals surface area (Å²) < 4.78 is 18.5. The van der Waals surface area contributed by atoms with Gasteiger partial charge in [-0.05, 0) is 42.3 Å². The fourth-order valence-corrected chi connectivity index (χ4v) is 2.19. The summed E-state index contributed by atoms with van der Waals surface area (Å²) in [6.45, 7) is 3.54. The summed E-state index contributed by atoms with van der Waals surface area (Å²) >= 11 is 0. The van der Waals surface area contributed by atoms with Gasteiger partial charge >= 0.3 is 0 Å². The monoisotopic (exact) mass is 317 g/mol. The highest BCUT2D eigenvalue weighted by molar-refractivity contribution is 5.72. The van der Waals surface area contributed by atoms with Crippen molar-refractivity contribution in [2.45, 2.75) is 26.3 Å². The summed E-state index contributed by atoms with van der Waals surface area (Å²) in [4.78, 5) is 11.2. The normalized spacial score (nSPS) is 11.8. The summed E-state index contributed by atoms with van der Waals surface area (Å²) in [5, 5.41) is 10.3. The number of carbonyl (C=O) groups excluding carboxylic acids is 1. The van der Waals surface area contributed by atoms with Crippen molar-refractivity contribution in [1.29, 1.82) is 0 Å². The molecule has 1 N–H and O–H groups in total. The van der Waals surface area contributed by atoms with Gasteiger partial charge in [0.2, 0.25) is 5.91 Å². The number of rotatable bonds is 6. The second-order valence-corrected chi connectivity index (χ2v) is 5.33. The number of amides is 1. The molecule has 0 aromatic heterocycles. The number of benzene rings is 2. The molecule has 0 heterocycles. The maximum Gasteiger partial charge on any atom is 0.243 e. The zero-order valence-electron chi connectivity index (χ0n) is 13.2. The summed E-state index contributed by atoms with van der Waals surface area (Å²) in [6.07, 6.45) is 0.688. The van der Waals surface area contributed by atoms with E-state index in [9.17, 15) is 14.4 Å². The van der Waals surface area contributed by atoms with Crippen LogP contribution in [0, 0.1) is 5.82 Å². The third-order valence-electron chi connectivity index (χ3n) is 3.62. The minimum absolute atomic E-state index is 0.247. The van der Waals surface area contributed by atoms with Crippen LogP contribution >= 0.6 is 0 Å². The zero-order valence-corrected chi connectivity index (χ0v) is 13.2. The van der Waals surface area contributed by atoms with E-state index < -0.39 is 11.9 Å². The molecular weight excluding hydrogens is 297 g/mol. The average Bonchev–Trinajstić information content (AvgIpc) is 2.56. The maximum absolute atomic E-state index is 12.8. The molecule has 0 aliphatic carbocycles. The van der Waals surface area contributed by atoms with Crippen LogP contribution in [0.5, 0.6) is 5.75 Å². The molecule has 0 saturated carbocycles. The quantitative estimate of drug-likeness (QED) is 0.652. The molecule has 23 heavy (non-hydrogen) atoms. The molecule has 0 saturated heterocycles. The lowest BCUT2D eigenvalue weighted by Crippen LogP contribution is -2.27. The van der Waals surface area contributed by atoms with Crippen molar-refractivity contribution in [3.05, 3.63) is 65.5 Å². The Bertz CT molecular complexity index is 640. The summed E-state index contributed by atoms with van der Waals surface area (Å²) in [6, 6.07) is 13.1. The molecule has 0 aliphatic rings. The molecule has 0 bridgehead atoms. The SMILES string of the molecule is CC(=O)N(O)C(C)c1ccc(OCCc2ccc(F)cc2)cc1. The van der Waals surface area contributed by atoms with Gasteiger partial charge in [-0.25, -0.2) is 9.45 Å². The second kappa shape index (κ2) is 7.74. The largest absolute Gasteiger partial charge is 0.493 e. The van der Waals surface area contributed by atoms with E-state index in [-0.39, 0.29) is 5.82 Å². The molecule has 2 rings (SSSR count). The van der Waals surface area contributed by atoms with Gasteiger partial charge < -0.3 is 4.74 Å². The summed E-state index contributed by atoms with van der Waals surface area (Å²) in [5.41, 5.74) is 1.82. The standard InChI is InChI=1S/C18H20FNO3/c1-13(20(22)14(2)21)16-5-9-18(10-6-16)23-12-11-15-3-7-17(19)8-4-15/h3-10,13,22H,11-12H2,1-2H3. The lowest BCUT2D eigenvalue weighted by Gasteiger charge is -2.21. The van der Waals surface area contributed by atoms with E-state index in [0.717, 1.165) is 11.1 Å². The first-order chi connectivity index (χ1) is 11.0. The van der Waals surface area contributed by atoms with Gasteiger partial charge in [-0.2, -0.15) is 0 Å². The maximum atomic E-state index is 12.8. The van der Waals surface area contributed by atoms with Crippen LogP contribution in [0.15, 0.2) is 48.5 Å². The van der Waals surface area contributed by atoms with E-state index in [1.165, 1.54) is 19.1 Å². The Morgan fingerprint density at radius 3 is 2.35 bits per heavy atom. The molecule has 0 radical (unpaired) electrons. The molecule has 4 nitrogen and oxygen atoms in total. The van der Waals surface area contributed by atoms with Gasteiger partial charge in [0.05, 0.1) is 12.6 Å². The van der Waals surface area contributed by atoms with Crippen molar-refractivity contribution < 1.29 is 19.1 Å². The van der Waals surface area contributed by atoms with Gasteiger partial charge in [-0.1, -0.05) is 24.3 Å². The van der Waals surface area contributed by atoms with Gasteiger partial charge in [0.1, 0.15) is 11.6 Å². The van der Waals surface area contributed by atoms with Crippen LogP contribution < -0.4 is 4.74 Å². The minimum Gasteiger partial charge on any atom is -0.493 e. The third-order valence-corrected chi connectivity index (χ3v) is 3.62. The molecule has 2 aromatic carbocycles. The van der Waals surface area contributed by atoms with Crippen molar-refractivity contribution >= 4 is 5.91 Å². The van der Waals surface area contributed by atoms with Crippen LogP contribution in [-0.4, -0.2) is 22.8 Å². The molecule has 0 aliphatic heterocycles. The Morgan fingerprint density at radius 2 is 1.78 bits per heavy atom. The minimum atomic E-state index is -0.416. The first-order valence-corrected chi connectivity index (χ1v) is 7.43. The fraction of sp³-hybridized carbons (Fsp3) is 0.278. The Morgan fingerprint density at radius 1 is 1.17 bits per heavy atom. The highest BCUT2D eigenvalue weighted by atomic mass is 19.1.